The third kappa shape index (κ3) is 7.86. The fraction of sp³-hybridized carbons (Fsp3) is 0.348. The normalized spacial score (nSPS) is 12.8. The Morgan fingerprint density at radius 2 is 1.69 bits per heavy atom. The molecule has 2 unspecified atom stereocenters. The molecular formula is C23H26O6. The lowest BCUT2D eigenvalue weighted by molar-refractivity contribution is -0.153. The Labute approximate surface area is 171 Å². The van der Waals surface area contributed by atoms with Crippen molar-refractivity contribution in [3.63, 3.8) is 0 Å². The summed E-state index contributed by atoms with van der Waals surface area (Å²) in [6.07, 6.45) is 3.62. The van der Waals surface area contributed by atoms with Gasteiger partial charge in [0.05, 0.1) is 6.10 Å². The van der Waals surface area contributed by atoms with Crippen molar-refractivity contribution in [3.8, 4) is 23.8 Å². The number of benzene rings is 2. The summed E-state index contributed by atoms with van der Waals surface area (Å²) in [5, 5.41) is 19.4. The number of carboxylic acids is 1. The Morgan fingerprint density at radius 3 is 2.28 bits per heavy atom. The van der Waals surface area contributed by atoms with Gasteiger partial charge in [-0.1, -0.05) is 24.1 Å². The van der Waals surface area contributed by atoms with Crippen molar-refractivity contribution in [1.29, 1.82) is 0 Å². The summed E-state index contributed by atoms with van der Waals surface area (Å²) >= 11 is 0. The maximum Gasteiger partial charge on any atom is 0.333 e. The molecule has 0 aromatic heterocycles. The van der Waals surface area contributed by atoms with E-state index in [1.807, 2.05) is 6.07 Å². The smallest absolute Gasteiger partial charge is 0.333 e. The minimum atomic E-state index is -1.01. The van der Waals surface area contributed by atoms with Crippen LogP contribution in [0.2, 0.25) is 0 Å². The van der Waals surface area contributed by atoms with Crippen LogP contribution in [0.15, 0.2) is 48.5 Å². The third-order valence-corrected chi connectivity index (χ3v) is 3.92. The Kier molecular flexibility index (Phi) is 8.53. The lowest BCUT2D eigenvalue weighted by Gasteiger charge is -2.17. The standard InChI is InChI=1S/C23H26O6/c1-4-17-7-5-9-20(11-17)27-14-19(24)15-28-21-10-6-8-18(12-21)13-22(23(25)26)29-16(2)3/h1,5-12,16,19,22,24H,13-15H2,2-3H3,(H,25,26). The van der Waals surface area contributed by atoms with Gasteiger partial charge in [-0.15, -0.1) is 6.42 Å². The van der Waals surface area contributed by atoms with Crippen LogP contribution in [0.1, 0.15) is 25.0 Å². The molecule has 0 bridgehead atoms. The minimum absolute atomic E-state index is 0.0309. The molecule has 2 aromatic rings. The van der Waals surface area contributed by atoms with Crippen LogP contribution in [0.25, 0.3) is 0 Å². The van der Waals surface area contributed by atoms with E-state index in [4.69, 9.17) is 20.6 Å². The Balaban J connectivity index is 1.86. The van der Waals surface area contributed by atoms with E-state index in [-0.39, 0.29) is 25.7 Å². The zero-order valence-electron chi connectivity index (χ0n) is 16.6. The summed E-state index contributed by atoms with van der Waals surface area (Å²) in [6.45, 7) is 3.67. The summed E-state index contributed by atoms with van der Waals surface area (Å²) in [5.74, 6) is 2.62. The highest BCUT2D eigenvalue weighted by atomic mass is 16.5. The summed E-state index contributed by atoms with van der Waals surface area (Å²) in [7, 11) is 0. The highest BCUT2D eigenvalue weighted by Crippen LogP contribution is 2.17. The fourth-order valence-corrected chi connectivity index (χ4v) is 2.61. The van der Waals surface area contributed by atoms with E-state index in [1.165, 1.54) is 0 Å². The van der Waals surface area contributed by atoms with Crippen molar-refractivity contribution in [2.24, 2.45) is 0 Å². The van der Waals surface area contributed by atoms with Crippen molar-refractivity contribution in [1.82, 2.24) is 0 Å². The molecule has 0 spiro atoms. The van der Waals surface area contributed by atoms with Gasteiger partial charge >= 0.3 is 5.97 Å². The number of carboxylic acid groups (broad SMARTS) is 1. The number of aliphatic carboxylic acids is 1. The molecule has 29 heavy (non-hydrogen) atoms. The highest BCUT2D eigenvalue weighted by molar-refractivity contribution is 5.72. The van der Waals surface area contributed by atoms with Gasteiger partial charge in [0.15, 0.2) is 6.10 Å². The van der Waals surface area contributed by atoms with Crippen LogP contribution < -0.4 is 9.47 Å². The molecule has 2 atom stereocenters. The summed E-state index contributed by atoms with van der Waals surface area (Å²) in [5.41, 5.74) is 1.47. The Morgan fingerprint density at radius 1 is 1.07 bits per heavy atom. The Hall–Kier alpha value is -3.01. The van der Waals surface area contributed by atoms with Crippen molar-refractivity contribution in [3.05, 3.63) is 59.7 Å². The monoisotopic (exact) mass is 398 g/mol. The predicted molar refractivity (Wildman–Crippen MR) is 109 cm³/mol. The van der Waals surface area contributed by atoms with Crippen molar-refractivity contribution < 1.29 is 29.2 Å². The van der Waals surface area contributed by atoms with E-state index < -0.39 is 18.2 Å². The molecule has 0 aliphatic heterocycles. The fourth-order valence-electron chi connectivity index (χ4n) is 2.61. The molecule has 0 saturated carbocycles. The van der Waals surface area contributed by atoms with E-state index in [9.17, 15) is 15.0 Å². The number of hydrogen-bond acceptors (Lipinski definition) is 5. The molecule has 6 heteroatoms. The zero-order valence-corrected chi connectivity index (χ0v) is 16.6. The second-order valence-electron chi connectivity index (χ2n) is 6.81. The first-order chi connectivity index (χ1) is 13.9. The Bertz CT molecular complexity index is 839. The minimum Gasteiger partial charge on any atom is -0.491 e. The van der Waals surface area contributed by atoms with Crippen molar-refractivity contribution in [2.75, 3.05) is 13.2 Å². The zero-order chi connectivity index (χ0) is 21.2. The van der Waals surface area contributed by atoms with Crippen LogP contribution in [-0.4, -0.2) is 47.7 Å². The molecule has 0 radical (unpaired) electrons. The SMILES string of the molecule is C#Cc1cccc(OCC(O)COc2cccc(CC(OC(C)C)C(=O)O)c2)c1. The van der Waals surface area contributed by atoms with Gasteiger partial charge in [-0.3, -0.25) is 0 Å². The van der Waals surface area contributed by atoms with Gasteiger partial charge in [-0.25, -0.2) is 4.79 Å². The summed E-state index contributed by atoms with van der Waals surface area (Å²) < 4.78 is 16.6. The van der Waals surface area contributed by atoms with Gasteiger partial charge in [-0.05, 0) is 49.7 Å². The van der Waals surface area contributed by atoms with Crippen LogP contribution in [0.3, 0.4) is 0 Å². The number of hydrogen-bond donors (Lipinski definition) is 2. The quantitative estimate of drug-likeness (QED) is 0.566. The van der Waals surface area contributed by atoms with Gasteiger partial charge in [0.25, 0.3) is 0 Å². The van der Waals surface area contributed by atoms with E-state index in [2.05, 4.69) is 5.92 Å². The number of aliphatic hydroxyl groups excluding tert-OH is 1. The van der Waals surface area contributed by atoms with Crippen LogP contribution >= 0.6 is 0 Å². The number of ether oxygens (including phenoxy) is 3. The first-order valence-corrected chi connectivity index (χ1v) is 9.35. The predicted octanol–water partition coefficient (Wildman–Crippen LogP) is 2.91. The highest BCUT2D eigenvalue weighted by Gasteiger charge is 2.20. The van der Waals surface area contributed by atoms with Crippen LogP contribution in [0, 0.1) is 12.3 Å². The first-order valence-electron chi connectivity index (χ1n) is 9.35. The molecule has 6 nitrogen and oxygen atoms in total. The molecule has 2 N–H and O–H groups in total. The lowest BCUT2D eigenvalue weighted by Crippen LogP contribution is -2.29. The molecule has 2 rings (SSSR count). The second-order valence-corrected chi connectivity index (χ2v) is 6.81. The third-order valence-electron chi connectivity index (χ3n) is 3.92. The van der Waals surface area contributed by atoms with Crippen LogP contribution in [-0.2, 0) is 16.0 Å². The summed E-state index contributed by atoms with van der Waals surface area (Å²) in [6, 6.07) is 14.1. The largest absolute Gasteiger partial charge is 0.491 e. The number of terminal acetylenes is 1. The molecular weight excluding hydrogens is 372 g/mol. The van der Waals surface area contributed by atoms with E-state index in [0.29, 0.717) is 17.1 Å². The van der Waals surface area contributed by atoms with Gasteiger partial charge in [-0.2, -0.15) is 0 Å². The molecule has 0 aliphatic carbocycles. The molecule has 0 aliphatic rings. The van der Waals surface area contributed by atoms with Crippen LogP contribution in [0.5, 0.6) is 11.5 Å². The first kappa shape index (κ1) is 22.3. The van der Waals surface area contributed by atoms with Crippen molar-refractivity contribution in [2.45, 2.75) is 38.6 Å². The molecule has 0 saturated heterocycles. The van der Waals surface area contributed by atoms with Gasteiger partial charge in [0.2, 0.25) is 0 Å². The maximum atomic E-state index is 11.4. The number of rotatable bonds is 11. The second kappa shape index (κ2) is 11.1. The molecule has 0 amide bonds. The van der Waals surface area contributed by atoms with E-state index in [1.54, 1.807) is 56.3 Å². The van der Waals surface area contributed by atoms with Gasteiger partial charge < -0.3 is 24.4 Å². The molecule has 0 heterocycles. The van der Waals surface area contributed by atoms with E-state index >= 15 is 0 Å². The number of carbonyl (C=O) groups is 1. The average Bonchev–Trinajstić information content (AvgIpc) is 2.70. The average molecular weight is 398 g/mol. The maximum absolute atomic E-state index is 11.4. The van der Waals surface area contributed by atoms with Gasteiger partial charge in [0, 0.05) is 12.0 Å². The molecule has 2 aromatic carbocycles. The van der Waals surface area contributed by atoms with Crippen molar-refractivity contribution >= 4 is 5.97 Å². The molecule has 154 valence electrons. The molecule has 0 fully saturated rings. The van der Waals surface area contributed by atoms with Crippen LogP contribution in [0.4, 0.5) is 0 Å². The lowest BCUT2D eigenvalue weighted by atomic mass is 10.1. The topological polar surface area (TPSA) is 85.2 Å². The van der Waals surface area contributed by atoms with Gasteiger partial charge in [0.1, 0.15) is 30.8 Å². The van der Waals surface area contributed by atoms with E-state index in [0.717, 1.165) is 5.56 Å². The number of aliphatic hydroxyl groups is 1. The summed E-state index contributed by atoms with van der Waals surface area (Å²) in [4.78, 5) is 11.4.